The van der Waals surface area contributed by atoms with Crippen LogP contribution in [0.25, 0.3) is 6.08 Å². The number of ether oxygens (including phenoxy) is 4. The lowest BCUT2D eigenvalue weighted by atomic mass is 9.95. The SMILES string of the molecule is C=CCOc1ccc(C2C(C(=O)OCC)=C(C)N=c3sc(=Cc4ccc(OCC#N)cc4)c(=O)n32)cc1OCC. The number of nitriles is 1. The summed E-state index contributed by atoms with van der Waals surface area (Å²) in [6.45, 7) is 9.85. The van der Waals surface area contributed by atoms with E-state index in [0.717, 1.165) is 5.56 Å². The average Bonchev–Trinajstić information content (AvgIpc) is 3.25. The number of carbonyl (C=O) groups excluding carboxylic acids is 1. The zero-order valence-corrected chi connectivity index (χ0v) is 23.3. The van der Waals surface area contributed by atoms with E-state index in [2.05, 4.69) is 11.6 Å². The van der Waals surface area contributed by atoms with E-state index < -0.39 is 12.0 Å². The van der Waals surface area contributed by atoms with Crippen LogP contribution in [0, 0.1) is 11.3 Å². The van der Waals surface area contributed by atoms with Crippen LogP contribution in [0.1, 0.15) is 37.9 Å². The highest BCUT2D eigenvalue weighted by Gasteiger charge is 2.34. The van der Waals surface area contributed by atoms with Crippen molar-refractivity contribution in [3.8, 4) is 23.3 Å². The second kappa shape index (κ2) is 13.0. The Hall–Kier alpha value is -4.62. The second-order valence-electron chi connectivity index (χ2n) is 8.56. The summed E-state index contributed by atoms with van der Waals surface area (Å²) in [5.74, 6) is 1.03. The number of allylic oxidation sites excluding steroid dienone is 1. The van der Waals surface area contributed by atoms with Gasteiger partial charge in [-0.15, -0.1) is 0 Å². The van der Waals surface area contributed by atoms with E-state index >= 15 is 0 Å². The predicted octanol–water partition coefficient (Wildman–Crippen LogP) is 3.66. The fraction of sp³-hybridized carbons (Fsp3) is 0.267. The Morgan fingerprint density at radius 2 is 1.90 bits per heavy atom. The molecule has 40 heavy (non-hydrogen) atoms. The summed E-state index contributed by atoms with van der Waals surface area (Å²) in [6, 6.07) is 13.6. The van der Waals surface area contributed by atoms with Crippen LogP contribution in [-0.2, 0) is 9.53 Å². The zero-order valence-electron chi connectivity index (χ0n) is 22.5. The van der Waals surface area contributed by atoms with Gasteiger partial charge in [-0.2, -0.15) is 5.26 Å². The maximum Gasteiger partial charge on any atom is 0.338 e. The van der Waals surface area contributed by atoms with Gasteiger partial charge in [-0.3, -0.25) is 9.36 Å². The number of esters is 1. The van der Waals surface area contributed by atoms with Gasteiger partial charge >= 0.3 is 5.97 Å². The maximum absolute atomic E-state index is 13.8. The van der Waals surface area contributed by atoms with Crippen LogP contribution in [0.4, 0.5) is 0 Å². The molecule has 0 N–H and O–H groups in total. The first-order chi connectivity index (χ1) is 19.4. The molecule has 1 aromatic heterocycles. The van der Waals surface area contributed by atoms with Crippen molar-refractivity contribution in [2.24, 2.45) is 4.99 Å². The summed E-state index contributed by atoms with van der Waals surface area (Å²) in [5.41, 5.74) is 1.88. The van der Waals surface area contributed by atoms with Crippen molar-refractivity contribution in [3.05, 3.63) is 97.2 Å². The summed E-state index contributed by atoms with van der Waals surface area (Å²) >= 11 is 1.23. The lowest BCUT2D eigenvalue weighted by molar-refractivity contribution is -0.139. The van der Waals surface area contributed by atoms with E-state index in [9.17, 15) is 9.59 Å². The monoisotopic (exact) mass is 559 g/mol. The highest BCUT2D eigenvalue weighted by Crippen LogP contribution is 2.36. The lowest BCUT2D eigenvalue weighted by Crippen LogP contribution is -2.40. The van der Waals surface area contributed by atoms with Crippen molar-refractivity contribution in [2.75, 3.05) is 26.4 Å². The topological polar surface area (TPSA) is 112 Å². The Bertz CT molecular complexity index is 1660. The predicted molar refractivity (Wildman–Crippen MR) is 151 cm³/mol. The number of aromatic nitrogens is 1. The molecule has 0 fully saturated rings. The van der Waals surface area contributed by atoms with Gasteiger partial charge in [-0.05, 0) is 62.2 Å². The molecule has 1 aliphatic heterocycles. The van der Waals surface area contributed by atoms with Gasteiger partial charge in [0.05, 0.1) is 35.1 Å². The summed E-state index contributed by atoms with van der Waals surface area (Å²) in [7, 11) is 0. The highest BCUT2D eigenvalue weighted by molar-refractivity contribution is 7.07. The molecule has 0 spiro atoms. The van der Waals surface area contributed by atoms with Crippen molar-refractivity contribution in [1.29, 1.82) is 5.26 Å². The minimum Gasteiger partial charge on any atom is -0.490 e. The highest BCUT2D eigenvalue weighted by atomic mass is 32.1. The number of fused-ring (bicyclic) bond motifs is 1. The molecule has 1 unspecified atom stereocenters. The number of rotatable bonds is 11. The van der Waals surface area contributed by atoms with Gasteiger partial charge < -0.3 is 18.9 Å². The van der Waals surface area contributed by atoms with E-state index in [1.807, 2.05) is 13.0 Å². The Morgan fingerprint density at radius 3 is 2.58 bits per heavy atom. The van der Waals surface area contributed by atoms with Gasteiger partial charge in [-0.1, -0.05) is 42.2 Å². The molecule has 0 saturated carbocycles. The largest absolute Gasteiger partial charge is 0.490 e. The van der Waals surface area contributed by atoms with E-state index in [1.165, 1.54) is 15.9 Å². The van der Waals surface area contributed by atoms with Crippen molar-refractivity contribution >= 4 is 23.4 Å². The van der Waals surface area contributed by atoms with Crippen LogP contribution < -0.4 is 29.1 Å². The van der Waals surface area contributed by atoms with Gasteiger partial charge in [0.1, 0.15) is 18.4 Å². The Morgan fingerprint density at radius 1 is 1.12 bits per heavy atom. The lowest BCUT2D eigenvalue weighted by Gasteiger charge is -2.25. The van der Waals surface area contributed by atoms with Crippen LogP contribution in [0.3, 0.4) is 0 Å². The molecule has 0 radical (unpaired) electrons. The third kappa shape index (κ3) is 6.00. The molecule has 0 saturated heterocycles. The van der Waals surface area contributed by atoms with Crippen molar-refractivity contribution in [2.45, 2.75) is 26.8 Å². The number of benzene rings is 2. The van der Waals surface area contributed by atoms with Crippen molar-refractivity contribution < 1.29 is 23.7 Å². The first-order valence-corrected chi connectivity index (χ1v) is 13.5. The standard InChI is InChI=1S/C30H29N3O6S/c1-5-15-39-23-13-10-21(18-24(23)36-6-2)27-26(29(35)37-7-3)19(4)32-30-33(27)28(34)25(40-30)17-20-8-11-22(12-9-20)38-16-14-31/h5,8-13,17-18,27H,1,6-7,15-16H2,2-4H3. The van der Waals surface area contributed by atoms with Gasteiger partial charge in [0.25, 0.3) is 5.56 Å². The summed E-state index contributed by atoms with van der Waals surface area (Å²) < 4.78 is 24.2. The van der Waals surface area contributed by atoms with Gasteiger partial charge in [0.2, 0.25) is 0 Å². The van der Waals surface area contributed by atoms with Crippen molar-refractivity contribution in [1.82, 2.24) is 4.57 Å². The smallest absolute Gasteiger partial charge is 0.338 e. The van der Waals surface area contributed by atoms with Crippen LogP contribution in [-0.4, -0.2) is 37.0 Å². The van der Waals surface area contributed by atoms with Gasteiger partial charge in [0.15, 0.2) is 22.9 Å². The Kier molecular flexibility index (Phi) is 9.19. The van der Waals surface area contributed by atoms with Gasteiger partial charge in [-0.25, -0.2) is 9.79 Å². The molecule has 2 heterocycles. The molecule has 10 heteroatoms. The number of nitrogens with zero attached hydrogens (tertiary/aromatic N) is 3. The molecule has 2 aromatic carbocycles. The molecule has 1 aliphatic rings. The third-order valence-electron chi connectivity index (χ3n) is 5.94. The first kappa shape index (κ1) is 28.4. The molecule has 1 atom stereocenters. The normalized spacial score (nSPS) is 14.6. The summed E-state index contributed by atoms with van der Waals surface area (Å²) in [6.07, 6.45) is 3.40. The molecular weight excluding hydrogens is 530 g/mol. The molecular formula is C30H29N3O6S. The number of hydrogen-bond acceptors (Lipinski definition) is 9. The van der Waals surface area contributed by atoms with Gasteiger partial charge in [0, 0.05) is 0 Å². The first-order valence-electron chi connectivity index (χ1n) is 12.7. The van der Waals surface area contributed by atoms with Crippen LogP contribution >= 0.6 is 11.3 Å². The van der Waals surface area contributed by atoms with E-state index in [-0.39, 0.29) is 24.3 Å². The summed E-state index contributed by atoms with van der Waals surface area (Å²) in [4.78, 5) is 32.1. The maximum atomic E-state index is 13.8. The minimum atomic E-state index is -0.785. The molecule has 4 rings (SSSR count). The van der Waals surface area contributed by atoms with Crippen LogP contribution in [0.15, 0.2) is 76.2 Å². The molecule has 3 aromatic rings. The van der Waals surface area contributed by atoms with E-state index in [4.69, 9.17) is 24.2 Å². The second-order valence-corrected chi connectivity index (χ2v) is 9.57. The molecule has 206 valence electrons. The molecule has 0 aliphatic carbocycles. The number of thiazole rings is 1. The number of hydrogen-bond donors (Lipinski definition) is 0. The molecule has 0 amide bonds. The van der Waals surface area contributed by atoms with Crippen LogP contribution in [0.5, 0.6) is 17.2 Å². The van der Waals surface area contributed by atoms with E-state index in [1.54, 1.807) is 68.5 Å². The fourth-order valence-electron chi connectivity index (χ4n) is 4.27. The zero-order chi connectivity index (χ0) is 28.6. The molecule has 9 nitrogen and oxygen atoms in total. The van der Waals surface area contributed by atoms with E-state index in [0.29, 0.717) is 51.1 Å². The third-order valence-corrected chi connectivity index (χ3v) is 6.92. The Labute approximate surface area is 235 Å². The van der Waals surface area contributed by atoms with Crippen molar-refractivity contribution in [3.63, 3.8) is 0 Å². The quantitative estimate of drug-likeness (QED) is 0.260. The Balaban J connectivity index is 1.86. The fourth-order valence-corrected chi connectivity index (χ4v) is 5.31. The van der Waals surface area contributed by atoms with Crippen LogP contribution in [0.2, 0.25) is 0 Å². The average molecular weight is 560 g/mol. The summed E-state index contributed by atoms with van der Waals surface area (Å²) in [5, 5.41) is 8.71. The minimum absolute atomic E-state index is 0.0491. The number of carbonyl (C=O) groups is 1. The molecule has 0 bridgehead atoms.